The summed E-state index contributed by atoms with van der Waals surface area (Å²) < 4.78 is 34.8. The fourth-order valence-electron chi connectivity index (χ4n) is 5.25. The monoisotopic (exact) mass is 532 g/mol. The fourth-order valence-corrected chi connectivity index (χ4v) is 6.90. The largest absolute Gasteiger partial charge is 0.444 e. The van der Waals surface area contributed by atoms with Gasteiger partial charge in [0.15, 0.2) is 5.69 Å². The van der Waals surface area contributed by atoms with Crippen molar-refractivity contribution in [3.05, 3.63) is 35.5 Å². The number of ether oxygens (including phenoxy) is 2. The molecule has 1 aromatic carbocycles. The molecule has 0 radical (unpaired) electrons. The summed E-state index contributed by atoms with van der Waals surface area (Å²) in [6.45, 7) is 9.27. The van der Waals surface area contributed by atoms with Crippen molar-refractivity contribution in [2.45, 2.75) is 56.4 Å². The summed E-state index contributed by atoms with van der Waals surface area (Å²) in [6, 6.07) is 7.27. The van der Waals surface area contributed by atoms with Gasteiger partial charge in [0, 0.05) is 43.9 Å². The second-order valence-electron chi connectivity index (χ2n) is 11.0. The highest BCUT2D eigenvalue weighted by Crippen LogP contribution is 2.59. The lowest BCUT2D eigenvalue weighted by molar-refractivity contribution is 0.0176. The Kier molecular flexibility index (Phi) is 6.99. The van der Waals surface area contributed by atoms with Gasteiger partial charge in [-0.2, -0.15) is 15.7 Å². The zero-order valence-electron chi connectivity index (χ0n) is 21.7. The van der Waals surface area contributed by atoms with Crippen LogP contribution in [-0.4, -0.2) is 85.7 Å². The lowest BCUT2D eigenvalue weighted by Crippen LogP contribution is -2.42. The van der Waals surface area contributed by atoms with Crippen molar-refractivity contribution in [2.75, 3.05) is 39.4 Å². The highest BCUT2D eigenvalue weighted by Gasteiger charge is 2.38. The highest BCUT2D eigenvalue weighted by atomic mass is 32.3. The van der Waals surface area contributed by atoms with Gasteiger partial charge in [0.2, 0.25) is 0 Å². The number of benzene rings is 1. The van der Waals surface area contributed by atoms with Crippen molar-refractivity contribution in [2.24, 2.45) is 5.92 Å². The molecular formula is C26H36N4O6S. The second-order valence-corrected chi connectivity index (χ2v) is 13.0. The van der Waals surface area contributed by atoms with E-state index in [0.717, 1.165) is 18.5 Å². The van der Waals surface area contributed by atoms with E-state index in [-0.39, 0.29) is 29.4 Å². The maximum Gasteiger partial charge on any atom is 0.410 e. The first-order valence-electron chi connectivity index (χ1n) is 12.8. The number of hydrogen-bond acceptors (Lipinski definition) is 7. The number of nitrogens with zero attached hydrogens (tertiary/aromatic N) is 4. The third kappa shape index (κ3) is 5.36. The van der Waals surface area contributed by atoms with E-state index in [1.165, 1.54) is 0 Å². The van der Waals surface area contributed by atoms with Gasteiger partial charge in [-0.1, -0.05) is 18.2 Å². The maximum absolute atomic E-state index is 13.5. The van der Waals surface area contributed by atoms with Crippen LogP contribution in [0.15, 0.2) is 29.2 Å². The van der Waals surface area contributed by atoms with Crippen LogP contribution in [0.25, 0.3) is 11.3 Å². The highest BCUT2D eigenvalue weighted by molar-refractivity contribution is 8.23. The lowest BCUT2D eigenvalue weighted by Gasteiger charge is -2.38. The van der Waals surface area contributed by atoms with Gasteiger partial charge in [0.05, 0.1) is 29.6 Å². The Morgan fingerprint density at radius 2 is 1.76 bits per heavy atom. The summed E-state index contributed by atoms with van der Waals surface area (Å²) >= 11 is 0. The smallest absolute Gasteiger partial charge is 0.410 e. The predicted molar refractivity (Wildman–Crippen MR) is 140 cm³/mol. The number of hydrogen-bond donors (Lipinski definition) is 2. The number of carbonyl (C=O) groups is 2. The first-order chi connectivity index (χ1) is 17.5. The molecule has 0 atom stereocenters. The van der Waals surface area contributed by atoms with Crippen LogP contribution in [0.3, 0.4) is 0 Å². The predicted octanol–water partition coefficient (Wildman–Crippen LogP) is 4.29. The number of carbonyl (C=O) groups excluding carboxylic acids is 2. The van der Waals surface area contributed by atoms with Gasteiger partial charge in [-0.25, -0.2) is 4.79 Å². The molecule has 1 aromatic heterocycles. The van der Waals surface area contributed by atoms with Gasteiger partial charge in [0.1, 0.15) is 5.60 Å². The van der Waals surface area contributed by atoms with Crippen LogP contribution in [0.5, 0.6) is 0 Å². The average molecular weight is 533 g/mol. The van der Waals surface area contributed by atoms with Gasteiger partial charge >= 0.3 is 6.09 Å². The molecule has 0 bridgehead atoms. The Hall–Kier alpha value is -2.60. The molecule has 2 aromatic rings. The Balaban J connectivity index is 1.42. The van der Waals surface area contributed by atoms with Crippen LogP contribution in [0.4, 0.5) is 4.79 Å². The Bertz CT molecular complexity index is 1180. The molecule has 202 valence electrons. The van der Waals surface area contributed by atoms with Crippen LogP contribution in [0, 0.1) is 5.92 Å². The average Bonchev–Trinajstić information content (AvgIpc) is 3.20. The summed E-state index contributed by atoms with van der Waals surface area (Å²) in [5.41, 5.74) is 1.85. The summed E-state index contributed by atoms with van der Waals surface area (Å²) in [7, 11) is -3.10. The van der Waals surface area contributed by atoms with E-state index < -0.39 is 16.2 Å². The number of aromatic nitrogens is 2. The van der Waals surface area contributed by atoms with Crippen molar-refractivity contribution in [3.63, 3.8) is 0 Å². The summed E-state index contributed by atoms with van der Waals surface area (Å²) in [5, 5.41) is 4.80. The maximum atomic E-state index is 13.5. The lowest BCUT2D eigenvalue weighted by atomic mass is 9.96. The van der Waals surface area contributed by atoms with E-state index >= 15 is 0 Å². The molecule has 2 amide bonds. The van der Waals surface area contributed by atoms with Gasteiger partial charge < -0.3 is 19.3 Å². The summed E-state index contributed by atoms with van der Waals surface area (Å²) in [6.07, 6.45) is 1.29. The van der Waals surface area contributed by atoms with E-state index in [9.17, 15) is 18.7 Å². The van der Waals surface area contributed by atoms with Crippen LogP contribution in [-0.2, 0) is 21.8 Å². The number of piperidine rings is 1. The van der Waals surface area contributed by atoms with E-state index in [1.807, 2.05) is 37.6 Å². The van der Waals surface area contributed by atoms with Crippen molar-refractivity contribution >= 4 is 22.6 Å². The van der Waals surface area contributed by atoms with Crippen molar-refractivity contribution in [1.82, 2.24) is 19.6 Å². The molecule has 2 N–H and O–H groups in total. The topological polar surface area (TPSA) is 117 Å². The minimum Gasteiger partial charge on any atom is -0.444 e. The first-order valence-corrected chi connectivity index (χ1v) is 14.5. The molecule has 4 heterocycles. The Morgan fingerprint density at radius 1 is 1.08 bits per heavy atom. The standard InChI is InChI=1S/C26H36N4O6S/c1-26(2,3)36-25(32)29-10-8-18(9-11-29)16-30-23-19-6-4-5-7-21(19)37(33,34)17-20(23)22(27-30)24(31)28-12-14-35-15-13-28/h4-7,18,33-34H,8-17H2,1-3H3. The Labute approximate surface area is 218 Å². The van der Waals surface area contributed by atoms with E-state index in [1.54, 1.807) is 21.9 Å². The van der Waals surface area contributed by atoms with Crippen LogP contribution in [0.1, 0.15) is 49.7 Å². The molecule has 3 aliphatic rings. The van der Waals surface area contributed by atoms with Crippen LogP contribution in [0.2, 0.25) is 0 Å². The third-order valence-corrected chi connectivity index (χ3v) is 8.84. The molecule has 2 saturated heterocycles. The van der Waals surface area contributed by atoms with Crippen LogP contribution < -0.4 is 0 Å². The van der Waals surface area contributed by atoms with Crippen molar-refractivity contribution < 1.29 is 28.2 Å². The normalized spacial score (nSPS) is 20.7. The molecule has 0 unspecified atom stereocenters. The molecule has 37 heavy (non-hydrogen) atoms. The Morgan fingerprint density at radius 3 is 2.43 bits per heavy atom. The van der Waals surface area contributed by atoms with Crippen molar-refractivity contribution in [3.8, 4) is 11.3 Å². The number of amides is 2. The minimum atomic E-state index is -3.10. The molecule has 0 saturated carbocycles. The van der Waals surface area contributed by atoms with Crippen molar-refractivity contribution in [1.29, 1.82) is 0 Å². The summed E-state index contributed by atoms with van der Waals surface area (Å²) in [4.78, 5) is 30.0. The van der Waals surface area contributed by atoms with E-state index in [2.05, 4.69) is 0 Å². The van der Waals surface area contributed by atoms with Crippen LogP contribution >= 0.6 is 10.6 Å². The molecule has 10 nitrogen and oxygen atoms in total. The zero-order chi connectivity index (χ0) is 26.4. The molecule has 2 fully saturated rings. The number of fused-ring (bicyclic) bond motifs is 3. The third-order valence-electron chi connectivity index (χ3n) is 7.09. The van der Waals surface area contributed by atoms with Gasteiger partial charge in [-0.15, -0.1) is 0 Å². The molecule has 0 aliphatic carbocycles. The SMILES string of the molecule is CC(C)(C)OC(=O)N1CCC(Cn2nc(C(=O)N3CCOCC3)c3c2-c2ccccc2S(O)(O)C3)CC1. The molecular weight excluding hydrogens is 496 g/mol. The van der Waals surface area contributed by atoms with E-state index in [0.29, 0.717) is 62.0 Å². The number of rotatable bonds is 3. The molecule has 3 aliphatic heterocycles. The number of likely N-dealkylation sites (tertiary alicyclic amines) is 1. The number of morpholine rings is 1. The van der Waals surface area contributed by atoms with E-state index in [4.69, 9.17) is 14.6 Å². The zero-order valence-corrected chi connectivity index (χ0v) is 22.5. The summed E-state index contributed by atoms with van der Waals surface area (Å²) in [5.74, 6) is 0.0260. The minimum absolute atomic E-state index is 0.0259. The molecule has 5 rings (SSSR count). The first kappa shape index (κ1) is 26.0. The quantitative estimate of drug-likeness (QED) is 0.605. The van der Waals surface area contributed by atoms with Gasteiger partial charge in [-0.05, 0) is 45.6 Å². The fraction of sp³-hybridized carbons (Fsp3) is 0.577. The second kappa shape index (κ2) is 9.94. The van der Waals surface area contributed by atoms with Gasteiger partial charge in [0.25, 0.3) is 5.91 Å². The molecule has 11 heteroatoms. The molecule has 0 spiro atoms. The van der Waals surface area contributed by atoms with Gasteiger partial charge in [-0.3, -0.25) is 18.6 Å².